The second-order valence-corrected chi connectivity index (χ2v) is 29.9. The van der Waals surface area contributed by atoms with Gasteiger partial charge in [-0.2, -0.15) is 0 Å². The molecule has 0 aromatic carbocycles. The van der Waals surface area contributed by atoms with E-state index >= 15 is 4.79 Å². The molecule has 15 N–H and O–H groups in total. The minimum absolute atomic E-state index is 0.00322. The van der Waals surface area contributed by atoms with Crippen molar-refractivity contribution in [3.05, 3.63) is 41.9 Å². The Kier molecular flexibility index (Phi) is 15.5. The number of amides is 1. The Morgan fingerprint density at radius 2 is 1.71 bits per heavy atom. The van der Waals surface area contributed by atoms with Crippen LogP contribution < -0.4 is 21.7 Å². The van der Waals surface area contributed by atoms with Crippen molar-refractivity contribution in [2.75, 3.05) is 45.3 Å². The number of hydrogen-bond donors (Lipinski definition) is 14. The third kappa shape index (κ3) is 8.46. The summed E-state index contributed by atoms with van der Waals surface area (Å²) in [5.74, 6) is 3.61. The van der Waals surface area contributed by atoms with Crippen molar-refractivity contribution in [2.45, 2.75) is 191 Å². The number of aromatic amines is 2. The summed E-state index contributed by atoms with van der Waals surface area (Å²) >= 11 is 0. The molecule has 8 aliphatic carbocycles. The molecule has 85 heavy (non-hydrogen) atoms. The Hall–Kier alpha value is -3.98. The number of allylic oxidation sites excluding steroid dienone is 2. The molecule has 4 bridgehead atoms. The first-order valence-corrected chi connectivity index (χ1v) is 32.5. The second-order valence-electron chi connectivity index (χ2n) is 29.9. The summed E-state index contributed by atoms with van der Waals surface area (Å²) in [6.45, 7) is 6.70. The van der Waals surface area contributed by atoms with E-state index in [2.05, 4.69) is 62.7 Å². The fraction of sp³-hybridized carbons (Fsp3) is 0.815. The molecule has 2 aromatic rings. The lowest BCUT2D eigenvalue weighted by atomic mass is 9.26. The lowest BCUT2D eigenvalue weighted by molar-refractivity contribution is -0.354. The molecule has 20 heteroatoms. The number of hydrogen-bond acceptors (Lipinski definition) is 16. The number of aromatic nitrogens is 4. The average Bonchev–Trinajstić information content (AvgIpc) is 1.66. The first-order valence-electron chi connectivity index (χ1n) is 32.5. The summed E-state index contributed by atoms with van der Waals surface area (Å²) in [5.41, 5.74) is 3.52. The van der Waals surface area contributed by atoms with E-state index in [-0.39, 0.29) is 48.7 Å². The Morgan fingerprint density at radius 1 is 0.929 bits per heavy atom. The molecule has 2 saturated heterocycles. The number of fused-ring (bicyclic) bond motifs is 5. The number of aliphatic hydroxyl groups is 7. The molecule has 24 atom stereocenters. The SMILES string of the molecule is CNCC(CC(c1cnc[nH]1)C1NC(=O)C2(CCCC2)C1C1C#CCCC23C(=CCC4C5(C6CCCC6)C1C(O)C(OC1OCC(O)C(O)C1O)C(C)(CO)C5CCC42C)C1CC(C)(CO)CCC1(C(=O)O)C1CNc2nc[nH]c2CC13)C(N)O. The minimum atomic E-state index is -1.69. The van der Waals surface area contributed by atoms with Gasteiger partial charge in [0, 0.05) is 84.5 Å². The number of carbonyl (C=O) groups excluding carboxylic acids is 1. The van der Waals surface area contributed by atoms with E-state index in [1.807, 2.05) is 14.0 Å². The fourth-order valence-corrected chi connectivity index (χ4v) is 23.2. The standard InChI is InChI=1S/C65H96N8O12/c1-59(30-74)21-22-63(58(82)83)40(25-59)38-14-15-46-61(3)20-16-45-60(2,31-75)53(85-56-52(79)50(77)44(76)29-84-56)51(78)48(65(45,46)35-11-5-6-12-35)36(13-7-8-19-64(38,61)39-24-42-55(72-33-71-42)69-27-41(39)63)47-49(73-57(81)62(47)17-9-10-18-62)37(43-28-68-32-70-43)23-34(26-67-4)54(66)80/h14,28,32-37,39-41,44-54,56,67,69,74-80H,5-6,8-12,15-27,29-31,66H2,1-4H3,(H,68,70)(H,71,72)(H,73,81)(H,82,83). The smallest absolute Gasteiger partial charge is 0.310 e. The Bertz CT molecular complexity index is 2900. The van der Waals surface area contributed by atoms with E-state index in [1.54, 1.807) is 18.9 Å². The molecule has 11 aliphatic rings. The first-order chi connectivity index (χ1) is 40.8. The highest BCUT2D eigenvalue weighted by atomic mass is 16.7. The zero-order chi connectivity index (χ0) is 59.8. The largest absolute Gasteiger partial charge is 0.481 e. The van der Waals surface area contributed by atoms with Crippen molar-refractivity contribution in [1.29, 1.82) is 0 Å². The van der Waals surface area contributed by atoms with Gasteiger partial charge in [-0.15, -0.1) is 5.92 Å². The van der Waals surface area contributed by atoms with Gasteiger partial charge in [0.2, 0.25) is 5.91 Å². The van der Waals surface area contributed by atoms with Crippen molar-refractivity contribution in [1.82, 2.24) is 30.6 Å². The topological polar surface area (TPSA) is 334 Å². The van der Waals surface area contributed by atoms with Crippen LogP contribution in [0.5, 0.6) is 0 Å². The van der Waals surface area contributed by atoms with Crippen LogP contribution in [0.25, 0.3) is 0 Å². The number of rotatable bonds is 14. The number of imidazole rings is 2. The van der Waals surface area contributed by atoms with Crippen molar-refractivity contribution < 1.29 is 59.9 Å². The van der Waals surface area contributed by atoms with Gasteiger partial charge in [-0.05, 0) is 142 Å². The third-order valence-electron chi connectivity index (χ3n) is 26.7. The maximum atomic E-state index is 15.7. The number of nitrogens with one attached hydrogen (secondary N) is 5. The highest BCUT2D eigenvalue weighted by molar-refractivity contribution is 5.86. The number of carbonyl (C=O) groups is 2. The molecule has 2 aromatic heterocycles. The number of nitrogens with two attached hydrogens (primary N) is 1. The Labute approximate surface area is 499 Å². The normalized spacial score (nSPS) is 46.4. The van der Waals surface area contributed by atoms with Gasteiger partial charge in [-0.1, -0.05) is 64.0 Å². The maximum absolute atomic E-state index is 15.7. The summed E-state index contributed by atoms with van der Waals surface area (Å²) in [7, 11) is 1.83. The van der Waals surface area contributed by atoms with Gasteiger partial charge in [-0.25, -0.2) is 9.97 Å². The lowest BCUT2D eigenvalue weighted by Gasteiger charge is -2.78. The molecule has 8 fully saturated rings. The third-order valence-corrected chi connectivity index (χ3v) is 26.7. The molecule has 1 amide bonds. The fourth-order valence-electron chi connectivity index (χ4n) is 23.2. The van der Waals surface area contributed by atoms with Crippen LogP contribution in [-0.4, -0.2) is 162 Å². The lowest BCUT2D eigenvalue weighted by Crippen LogP contribution is -2.77. The van der Waals surface area contributed by atoms with Crippen molar-refractivity contribution in [2.24, 2.45) is 103 Å². The van der Waals surface area contributed by atoms with Gasteiger partial charge in [-0.3, -0.25) is 9.59 Å². The Morgan fingerprint density at radius 3 is 2.40 bits per heavy atom. The van der Waals surface area contributed by atoms with E-state index in [0.29, 0.717) is 90.1 Å². The molecule has 13 rings (SSSR count). The van der Waals surface area contributed by atoms with E-state index in [4.69, 9.17) is 20.2 Å². The molecule has 2 spiro atoms. The zero-order valence-electron chi connectivity index (χ0n) is 50.2. The van der Waals surface area contributed by atoms with E-state index < -0.39 is 135 Å². The minimum Gasteiger partial charge on any atom is -0.481 e. The van der Waals surface area contributed by atoms with Gasteiger partial charge in [0.15, 0.2) is 6.29 Å². The molecule has 0 radical (unpaired) electrons. The predicted octanol–water partition coefficient (Wildman–Crippen LogP) is 3.93. The number of anilines is 1. The highest BCUT2D eigenvalue weighted by Gasteiger charge is 2.81. The number of ether oxygens (including phenoxy) is 2. The molecule has 6 saturated carbocycles. The number of carboxylic acid groups (broad SMARTS) is 1. The number of carboxylic acids is 1. The van der Waals surface area contributed by atoms with Gasteiger partial charge in [0.25, 0.3) is 0 Å². The summed E-state index contributed by atoms with van der Waals surface area (Å²) < 4.78 is 13.2. The van der Waals surface area contributed by atoms with E-state index in [1.165, 1.54) is 5.57 Å². The molecular weight excluding hydrogens is 1080 g/mol. The second kappa shape index (κ2) is 21.9. The summed E-state index contributed by atoms with van der Waals surface area (Å²) in [5, 5.41) is 106. The molecular formula is C65H96N8O12. The molecule has 468 valence electrons. The summed E-state index contributed by atoms with van der Waals surface area (Å²) in [6, 6.07) is -0.583. The van der Waals surface area contributed by atoms with Gasteiger partial charge in [0.05, 0.1) is 54.6 Å². The highest BCUT2D eigenvalue weighted by Crippen LogP contribution is 2.83. The average molecular weight is 1180 g/mol. The molecule has 3 aliphatic heterocycles. The van der Waals surface area contributed by atoms with Gasteiger partial charge >= 0.3 is 5.97 Å². The van der Waals surface area contributed by atoms with Crippen LogP contribution in [-0.2, 0) is 25.5 Å². The van der Waals surface area contributed by atoms with Gasteiger partial charge < -0.3 is 82.0 Å². The number of aliphatic hydroxyl groups excluding tert-OH is 7. The van der Waals surface area contributed by atoms with Crippen LogP contribution in [0.1, 0.15) is 147 Å². The maximum Gasteiger partial charge on any atom is 0.310 e. The molecule has 20 nitrogen and oxygen atoms in total. The summed E-state index contributed by atoms with van der Waals surface area (Å²) in [6.07, 6.45) is 9.59. The Balaban J connectivity index is 1.09. The van der Waals surface area contributed by atoms with Gasteiger partial charge in [0.1, 0.15) is 30.4 Å². The monoisotopic (exact) mass is 1180 g/mol. The van der Waals surface area contributed by atoms with Crippen LogP contribution in [0.4, 0.5) is 5.82 Å². The zero-order valence-corrected chi connectivity index (χ0v) is 50.2. The van der Waals surface area contributed by atoms with Crippen LogP contribution in [0.15, 0.2) is 30.5 Å². The van der Waals surface area contributed by atoms with Crippen molar-refractivity contribution >= 4 is 17.7 Å². The van der Waals surface area contributed by atoms with Crippen molar-refractivity contribution in [3.63, 3.8) is 0 Å². The molecule has 5 heterocycles. The number of H-pyrrole nitrogens is 2. The summed E-state index contributed by atoms with van der Waals surface area (Å²) in [4.78, 5) is 46.8. The van der Waals surface area contributed by atoms with Crippen molar-refractivity contribution in [3.8, 4) is 11.8 Å². The van der Waals surface area contributed by atoms with Crippen LogP contribution in [0.2, 0.25) is 0 Å². The predicted molar refractivity (Wildman–Crippen MR) is 312 cm³/mol. The van der Waals surface area contributed by atoms with Crippen LogP contribution in [0, 0.1) is 109 Å². The van der Waals surface area contributed by atoms with Crippen LogP contribution in [0.3, 0.4) is 0 Å². The first kappa shape index (κ1) is 60.0. The van der Waals surface area contributed by atoms with E-state index in [0.717, 1.165) is 55.7 Å². The quantitative estimate of drug-likeness (QED) is 0.0551. The van der Waals surface area contributed by atoms with E-state index in [9.17, 15) is 45.6 Å². The number of aliphatic carboxylic acids is 1. The van der Waals surface area contributed by atoms with Crippen LogP contribution >= 0.6 is 0 Å². The molecule has 24 unspecified atom stereocenters. The number of nitrogens with zero attached hydrogens (tertiary/aromatic N) is 2.